The van der Waals surface area contributed by atoms with Gasteiger partial charge in [-0.05, 0) is 143 Å². The monoisotopic (exact) mass is 1040 g/mol. The molecule has 1 fully saturated rings. The first-order chi connectivity index (χ1) is 36.3. The Kier molecular flexibility index (Phi) is 16.6. The van der Waals surface area contributed by atoms with E-state index in [0.717, 1.165) is 117 Å². The summed E-state index contributed by atoms with van der Waals surface area (Å²) in [6, 6.07) is 25.5. The maximum Gasteiger partial charge on any atom is 0.411 e. The largest absolute Gasteiger partial charge is 0.478 e. The van der Waals surface area contributed by atoms with Gasteiger partial charge in [-0.25, -0.2) is 22.9 Å². The molecule has 0 saturated carbocycles. The van der Waals surface area contributed by atoms with Crippen LogP contribution < -0.4 is 20.1 Å². The van der Waals surface area contributed by atoms with Crippen molar-refractivity contribution < 1.29 is 32.6 Å². The predicted octanol–water partition coefficient (Wildman–Crippen LogP) is 11.0. The number of aryl methyl sites for hydroxylation is 3. The SMILES string of the molecule is CN(C)c1ccc2c(-c3ccc(-c4cn(CCCCCn5cc(CCCCCN6CCC(COC(=O)Nc7ccc(F)cc7-c7ccc(F)c(Cl)c7)CC6)nn5)nn4)cc3C(=O)O)c3ccc(=[N+](C)C)cc-3oc2c1. The summed E-state index contributed by atoms with van der Waals surface area (Å²) in [4.78, 5) is 30.2. The van der Waals surface area contributed by atoms with E-state index in [4.69, 9.17) is 20.8 Å². The van der Waals surface area contributed by atoms with Crippen molar-refractivity contribution >= 4 is 46.0 Å². The molecule has 6 aromatic rings. The number of carboxylic acids is 1. The summed E-state index contributed by atoms with van der Waals surface area (Å²) in [5.41, 5.74) is 7.48. The minimum absolute atomic E-state index is 0.0954. The predicted molar refractivity (Wildman–Crippen MR) is 288 cm³/mol. The average molecular weight is 1040 g/mol. The molecule has 1 saturated heterocycles. The number of carboxylic acid groups (broad SMARTS) is 1. The van der Waals surface area contributed by atoms with Crippen LogP contribution in [0.5, 0.6) is 0 Å². The number of carbonyl (C=O) groups excluding carboxylic acids is 1. The van der Waals surface area contributed by atoms with Crippen LogP contribution in [0.3, 0.4) is 0 Å². The number of hydrogen-bond acceptors (Lipinski definition) is 10. The van der Waals surface area contributed by atoms with Crippen LogP contribution in [-0.2, 0) is 24.2 Å². The quantitative estimate of drug-likeness (QED) is 0.0425. The van der Waals surface area contributed by atoms with Crippen molar-refractivity contribution in [2.45, 2.75) is 70.9 Å². The van der Waals surface area contributed by atoms with Crippen LogP contribution in [0.2, 0.25) is 5.02 Å². The number of aromatic nitrogens is 6. The summed E-state index contributed by atoms with van der Waals surface area (Å²) in [6.45, 7) is 4.67. The molecule has 0 atom stereocenters. The fraction of sp³-hybridized carbons (Fsp3) is 0.351. The van der Waals surface area contributed by atoms with E-state index < -0.39 is 23.7 Å². The zero-order chi connectivity index (χ0) is 52.6. The highest BCUT2D eigenvalue weighted by molar-refractivity contribution is 6.31. The second-order valence-corrected chi connectivity index (χ2v) is 20.1. The molecule has 1 amide bonds. The van der Waals surface area contributed by atoms with Crippen LogP contribution >= 0.6 is 11.6 Å². The summed E-state index contributed by atoms with van der Waals surface area (Å²) in [7, 11) is 7.89. The minimum atomic E-state index is -1.04. The number of anilines is 2. The zero-order valence-electron chi connectivity index (χ0n) is 42.7. The Hall–Kier alpha value is -7.50. The van der Waals surface area contributed by atoms with E-state index in [1.54, 1.807) is 6.07 Å². The third kappa shape index (κ3) is 12.9. The average Bonchev–Trinajstić information content (AvgIpc) is 4.08. The van der Waals surface area contributed by atoms with Crippen LogP contribution in [0.4, 0.5) is 25.0 Å². The van der Waals surface area contributed by atoms with Crippen LogP contribution in [0.15, 0.2) is 108 Å². The lowest BCUT2D eigenvalue weighted by Gasteiger charge is -2.31. The van der Waals surface area contributed by atoms with Gasteiger partial charge < -0.3 is 24.1 Å². The van der Waals surface area contributed by atoms with Gasteiger partial charge in [-0.15, -0.1) is 10.2 Å². The number of amides is 1. The Morgan fingerprint density at radius 2 is 1.53 bits per heavy atom. The van der Waals surface area contributed by atoms with Gasteiger partial charge in [0.2, 0.25) is 5.36 Å². The van der Waals surface area contributed by atoms with Crippen LogP contribution in [-0.4, -0.2) is 106 Å². The fourth-order valence-corrected chi connectivity index (χ4v) is 9.88. The van der Waals surface area contributed by atoms with Gasteiger partial charge in [0.1, 0.15) is 42.8 Å². The van der Waals surface area contributed by atoms with Crippen molar-refractivity contribution in [1.82, 2.24) is 39.5 Å². The molecule has 2 aromatic heterocycles. The third-order valence-electron chi connectivity index (χ3n) is 13.9. The molecule has 75 heavy (non-hydrogen) atoms. The summed E-state index contributed by atoms with van der Waals surface area (Å²) < 4.78 is 45.6. The Balaban J connectivity index is 0.681. The second kappa shape index (κ2) is 23.8. The first-order valence-electron chi connectivity index (χ1n) is 25.5. The molecule has 1 aliphatic carbocycles. The van der Waals surface area contributed by atoms with Gasteiger partial charge in [-0.3, -0.25) is 14.7 Å². The van der Waals surface area contributed by atoms with Crippen molar-refractivity contribution in [2.75, 3.05) is 64.6 Å². The Morgan fingerprint density at radius 1 is 0.800 bits per heavy atom. The van der Waals surface area contributed by atoms with Gasteiger partial charge in [0, 0.05) is 78.8 Å². The van der Waals surface area contributed by atoms with Crippen molar-refractivity contribution in [2.24, 2.45) is 5.92 Å². The Morgan fingerprint density at radius 3 is 2.29 bits per heavy atom. The molecular formula is C57H62ClF2N10O5+. The molecule has 2 aliphatic heterocycles. The number of aromatic carboxylic acids is 1. The van der Waals surface area contributed by atoms with Gasteiger partial charge in [-0.1, -0.05) is 46.6 Å². The molecule has 4 heterocycles. The number of piperidine rings is 1. The number of likely N-dealkylation sites (tertiary alicyclic amines) is 1. The molecule has 2 N–H and O–H groups in total. The first-order valence-corrected chi connectivity index (χ1v) is 25.9. The highest BCUT2D eigenvalue weighted by Crippen LogP contribution is 2.43. The molecular weight excluding hydrogens is 978 g/mol. The number of halogens is 3. The van der Waals surface area contributed by atoms with Gasteiger partial charge in [0.25, 0.3) is 0 Å². The highest BCUT2D eigenvalue weighted by Gasteiger charge is 2.25. The van der Waals surface area contributed by atoms with E-state index in [0.29, 0.717) is 58.1 Å². The van der Waals surface area contributed by atoms with Crippen LogP contribution in [0, 0.1) is 17.6 Å². The van der Waals surface area contributed by atoms with E-state index in [-0.39, 0.29) is 16.5 Å². The standard InChI is InChI=1S/C57H61ClF2N10O5/c1-66(2)42-15-18-45-53(32-42)75-54-33-43(67(3)4)16-19-46(54)55(45)44-17-12-39(29-48(44)56(71)72)52-35-70(65-63-52)26-10-6-9-25-69-34-41(62-64-69)11-7-5-8-24-68-27-22-37(23-28-68)36-74-57(73)61-51-21-14-40(59)31-47(51)38-13-20-50(60)49(58)30-38/h12-21,29-35,37H,5-11,22-28,36H2,1-4H3,(H-,61,71,72,73)/p+1. The van der Waals surface area contributed by atoms with Crippen molar-refractivity contribution in [3.8, 4) is 44.8 Å². The Labute approximate surface area is 439 Å². The van der Waals surface area contributed by atoms with Gasteiger partial charge >= 0.3 is 12.1 Å². The first kappa shape index (κ1) is 52.4. The number of rotatable bonds is 20. The molecule has 0 spiro atoms. The van der Waals surface area contributed by atoms with Crippen molar-refractivity contribution in [3.63, 3.8) is 0 Å². The molecule has 18 heteroatoms. The van der Waals surface area contributed by atoms with E-state index in [1.807, 2.05) is 108 Å². The number of nitrogens with zero attached hydrogens (tertiary/aromatic N) is 9. The molecule has 390 valence electrons. The molecule has 3 aliphatic rings. The second-order valence-electron chi connectivity index (χ2n) is 19.7. The summed E-state index contributed by atoms with van der Waals surface area (Å²) in [5, 5.41) is 32.6. The van der Waals surface area contributed by atoms with Gasteiger partial charge in [0.05, 0.1) is 40.8 Å². The summed E-state index contributed by atoms with van der Waals surface area (Å²) in [6.07, 6.45) is 12.1. The number of benzene rings is 5. The molecule has 0 radical (unpaired) electrons. The number of hydrogen-bond donors (Lipinski definition) is 2. The molecule has 0 unspecified atom stereocenters. The zero-order valence-corrected chi connectivity index (χ0v) is 43.5. The highest BCUT2D eigenvalue weighted by atomic mass is 35.5. The van der Waals surface area contributed by atoms with Crippen molar-refractivity contribution in [3.05, 3.63) is 137 Å². The van der Waals surface area contributed by atoms with Crippen molar-refractivity contribution in [1.29, 1.82) is 0 Å². The number of fused-ring (bicyclic) bond motifs is 2. The smallest absolute Gasteiger partial charge is 0.411 e. The molecule has 9 rings (SSSR count). The maximum absolute atomic E-state index is 14.1. The fourth-order valence-electron chi connectivity index (χ4n) is 9.70. The number of carbonyl (C=O) groups is 2. The minimum Gasteiger partial charge on any atom is -0.478 e. The number of ether oxygens (including phenoxy) is 1. The third-order valence-corrected chi connectivity index (χ3v) is 14.2. The number of nitrogens with one attached hydrogen (secondary N) is 1. The lowest BCUT2D eigenvalue weighted by atomic mass is 9.89. The normalized spacial score (nSPS) is 13.2. The molecule has 4 aromatic carbocycles. The summed E-state index contributed by atoms with van der Waals surface area (Å²) >= 11 is 5.95. The van der Waals surface area contributed by atoms with Crippen LogP contribution in [0.25, 0.3) is 55.8 Å². The van der Waals surface area contributed by atoms with E-state index in [1.165, 1.54) is 36.4 Å². The van der Waals surface area contributed by atoms with E-state index in [9.17, 15) is 23.5 Å². The summed E-state index contributed by atoms with van der Waals surface area (Å²) in [5.74, 6) is -1.20. The van der Waals surface area contributed by atoms with Crippen LogP contribution in [0.1, 0.15) is 67.4 Å². The molecule has 15 nitrogen and oxygen atoms in total. The van der Waals surface area contributed by atoms with Gasteiger partial charge in [-0.2, -0.15) is 0 Å². The lowest BCUT2D eigenvalue weighted by molar-refractivity contribution is 0.0697. The lowest BCUT2D eigenvalue weighted by Crippen LogP contribution is -2.36. The molecule has 0 bridgehead atoms. The van der Waals surface area contributed by atoms with E-state index in [2.05, 4.69) is 30.8 Å². The van der Waals surface area contributed by atoms with Gasteiger partial charge in [0.15, 0.2) is 0 Å². The Bertz CT molecular complexity index is 3360. The maximum atomic E-state index is 14.1. The van der Waals surface area contributed by atoms with E-state index >= 15 is 0 Å². The topological polar surface area (TPSA) is 160 Å². The number of unbranched alkanes of at least 4 members (excludes halogenated alkanes) is 4.